The minimum atomic E-state index is -0.0477. The van der Waals surface area contributed by atoms with E-state index in [1.165, 1.54) is 18.5 Å². The van der Waals surface area contributed by atoms with Gasteiger partial charge in [0.25, 0.3) is 0 Å². The number of nitrogens with zero attached hydrogens (tertiary/aromatic N) is 2. The van der Waals surface area contributed by atoms with Gasteiger partial charge >= 0.3 is 6.03 Å². The Morgan fingerprint density at radius 2 is 1.96 bits per heavy atom. The first kappa shape index (κ1) is 17.6. The zero-order chi connectivity index (χ0) is 16.7. The van der Waals surface area contributed by atoms with Crippen LogP contribution < -0.4 is 10.2 Å². The van der Waals surface area contributed by atoms with Gasteiger partial charge in [-0.05, 0) is 49.4 Å². The molecule has 2 rings (SSSR count). The molecule has 1 fully saturated rings. The van der Waals surface area contributed by atoms with Crippen molar-refractivity contribution in [2.75, 3.05) is 43.5 Å². The van der Waals surface area contributed by atoms with Gasteiger partial charge in [-0.3, -0.25) is 0 Å². The second kappa shape index (κ2) is 8.77. The van der Waals surface area contributed by atoms with Gasteiger partial charge in [-0.15, -0.1) is 0 Å². The summed E-state index contributed by atoms with van der Waals surface area (Å²) < 4.78 is 0. The predicted octanol–water partition coefficient (Wildman–Crippen LogP) is 3.16. The number of carbonyl (C=O) groups excluding carboxylic acids is 1. The third-order valence-corrected chi connectivity index (χ3v) is 4.57. The summed E-state index contributed by atoms with van der Waals surface area (Å²) in [7, 11) is 2.09. The van der Waals surface area contributed by atoms with Gasteiger partial charge in [0.1, 0.15) is 0 Å². The SMILES string of the molecule is CCCCN(C)c1ccc(NC(=O)N2CCC(CO)CC2)cc1. The first-order valence-corrected chi connectivity index (χ1v) is 8.62. The van der Waals surface area contributed by atoms with Gasteiger partial charge in [-0.2, -0.15) is 0 Å². The van der Waals surface area contributed by atoms with Crippen LogP contribution in [-0.2, 0) is 0 Å². The Morgan fingerprint density at radius 1 is 1.30 bits per heavy atom. The molecule has 5 heteroatoms. The maximum Gasteiger partial charge on any atom is 0.321 e. The van der Waals surface area contributed by atoms with Gasteiger partial charge in [0, 0.05) is 44.7 Å². The number of aliphatic hydroxyl groups excluding tert-OH is 1. The van der Waals surface area contributed by atoms with E-state index in [0.29, 0.717) is 5.92 Å². The summed E-state index contributed by atoms with van der Waals surface area (Å²) in [6.45, 7) is 4.89. The van der Waals surface area contributed by atoms with E-state index < -0.39 is 0 Å². The molecule has 0 aliphatic carbocycles. The smallest absolute Gasteiger partial charge is 0.321 e. The summed E-state index contributed by atoms with van der Waals surface area (Å²) in [5.41, 5.74) is 1.99. The highest BCUT2D eigenvalue weighted by Gasteiger charge is 2.22. The van der Waals surface area contributed by atoms with Crippen molar-refractivity contribution in [2.45, 2.75) is 32.6 Å². The molecule has 1 saturated heterocycles. The minimum Gasteiger partial charge on any atom is -0.396 e. The third kappa shape index (κ3) is 5.13. The number of likely N-dealkylation sites (tertiary alicyclic amines) is 1. The average molecular weight is 319 g/mol. The van der Waals surface area contributed by atoms with Crippen molar-refractivity contribution in [1.29, 1.82) is 0 Å². The van der Waals surface area contributed by atoms with Crippen molar-refractivity contribution < 1.29 is 9.90 Å². The van der Waals surface area contributed by atoms with Crippen LogP contribution in [0.5, 0.6) is 0 Å². The van der Waals surface area contributed by atoms with Gasteiger partial charge in [0.15, 0.2) is 0 Å². The standard InChI is InChI=1S/C18H29N3O2/c1-3-4-11-20(2)17-7-5-16(6-8-17)19-18(23)21-12-9-15(14-22)10-13-21/h5-8,15,22H,3-4,9-14H2,1-2H3,(H,19,23). The number of aliphatic hydroxyl groups is 1. The quantitative estimate of drug-likeness (QED) is 0.847. The van der Waals surface area contributed by atoms with Crippen LogP contribution in [0, 0.1) is 5.92 Å². The van der Waals surface area contributed by atoms with Crippen molar-refractivity contribution in [3.8, 4) is 0 Å². The summed E-state index contributed by atoms with van der Waals surface area (Å²) in [5.74, 6) is 0.344. The number of piperidine rings is 1. The van der Waals surface area contributed by atoms with Crippen molar-refractivity contribution >= 4 is 17.4 Å². The van der Waals surface area contributed by atoms with Crippen LogP contribution in [0.4, 0.5) is 16.2 Å². The van der Waals surface area contributed by atoms with Crippen LogP contribution in [0.3, 0.4) is 0 Å². The minimum absolute atomic E-state index is 0.0477. The molecule has 0 bridgehead atoms. The molecule has 2 N–H and O–H groups in total. The molecule has 0 aromatic heterocycles. The Kier molecular flexibility index (Phi) is 6.71. The van der Waals surface area contributed by atoms with Crippen LogP contribution in [0.1, 0.15) is 32.6 Å². The fourth-order valence-corrected chi connectivity index (χ4v) is 2.84. The monoisotopic (exact) mass is 319 g/mol. The van der Waals surface area contributed by atoms with Gasteiger partial charge in [-0.1, -0.05) is 13.3 Å². The Hall–Kier alpha value is -1.75. The molecule has 1 aromatic rings. The number of hydrogen-bond acceptors (Lipinski definition) is 3. The molecule has 0 unspecified atom stereocenters. The Bertz CT molecular complexity index is 482. The highest BCUT2D eigenvalue weighted by Crippen LogP contribution is 2.20. The summed E-state index contributed by atoms with van der Waals surface area (Å²) >= 11 is 0. The Morgan fingerprint density at radius 3 is 2.52 bits per heavy atom. The molecule has 0 saturated carbocycles. The van der Waals surface area contributed by atoms with Crippen LogP contribution >= 0.6 is 0 Å². The van der Waals surface area contributed by atoms with E-state index in [0.717, 1.165) is 38.2 Å². The topological polar surface area (TPSA) is 55.8 Å². The summed E-state index contributed by atoms with van der Waals surface area (Å²) in [6.07, 6.45) is 4.13. The zero-order valence-electron chi connectivity index (χ0n) is 14.3. The molecule has 5 nitrogen and oxygen atoms in total. The number of benzene rings is 1. The van der Waals surface area contributed by atoms with Crippen LogP contribution in [0.15, 0.2) is 24.3 Å². The first-order chi connectivity index (χ1) is 11.1. The lowest BCUT2D eigenvalue weighted by Gasteiger charge is -2.31. The number of carbonyl (C=O) groups is 1. The Balaban J connectivity index is 1.84. The molecule has 23 heavy (non-hydrogen) atoms. The third-order valence-electron chi connectivity index (χ3n) is 4.57. The summed E-state index contributed by atoms with van der Waals surface area (Å²) in [5, 5.41) is 12.1. The summed E-state index contributed by atoms with van der Waals surface area (Å²) in [6, 6.07) is 7.95. The summed E-state index contributed by atoms with van der Waals surface area (Å²) in [4.78, 5) is 16.3. The fraction of sp³-hybridized carbons (Fsp3) is 0.611. The lowest BCUT2D eigenvalue weighted by molar-refractivity contribution is 0.143. The lowest BCUT2D eigenvalue weighted by atomic mass is 9.98. The van der Waals surface area contributed by atoms with E-state index in [4.69, 9.17) is 5.11 Å². The van der Waals surface area contributed by atoms with Crippen molar-refractivity contribution in [3.63, 3.8) is 0 Å². The Labute approximate surface area is 139 Å². The second-order valence-corrected chi connectivity index (χ2v) is 6.37. The number of nitrogens with one attached hydrogen (secondary N) is 1. The number of hydrogen-bond donors (Lipinski definition) is 2. The van der Waals surface area contributed by atoms with E-state index in [1.807, 2.05) is 29.2 Å². The maximum absolute atomic E-state index is 12.3. The molecule has 1 aliphatic heterocycles. The van der Waals surface area contributed by atoms with Gasteiger partial charge in [-0.25, -0.2) is 4.79 Å². The van der Waals surface area contributed by atoms with Crippen LogP contribution in [-0.4, -0.2) is 49.3 Å². The van der Waals surface area contributed by atoms with E-state index in [9.17, 15) is 4.79 Å². The van der Waals surface area contributed by atoms with Gasteiger partial charge < -0.3 is 20.2 Å². The van der Waals surface area contributed by atoms with Gasteiger partial charge in [0.05, 0.1) is 0 Å². The number of amides is 2. The van der Waals surface area contributed by atoms with E-state index >= 15 is 0 Å². The number of urea groups is 1. The molecule has 2 amide bonds. The van der Waals surface area contributed by atoms with Crippen LogP contribution in [0.25, 0.3) is 0 Å². The molecule has 128 valence electrons. The number of rotatable bonds is 6. The molecular weight excluding hydrogens is 290 g/mol. The van der Waals surface area contributed by atoms with E-state index in [1.54, 1.807) is 0 Å². The lowest BCUT2D eigenvalue weighted by Crippen LogP contribution is -2.41. The van der Waals surface area contributed by atoms with E-state index in [-0.39, 0.29) is 12.6 Å². The fourth-order valence-electron chi connectivity index (χ4n) is 2.84. The van der Waals surface area contributed by atoms with E-state index in [2.05, 4.69) is 24.2 Å². The predicted molar refractivity (Wildman–Crippen MR) is 95.0 cm³/mol. The van der Waals surface area contributed by atoms with Crippen molar-refractivity contribution in [2.24, 2.45) is 5.92 Å². The molecular formula is C18H29N3O2. The molecule has 1 heterocycles. The molecule has 0 spiro atoms. The number of unbranched alkanes of at least 4 members (excludes halogenated alkanes) is 1. The van der Waals surface area contributed by atoms with Gasteiger partial charge in [0.2, 0.25) is 0 Å². The van der Waals surface area contributed by atoms with Crippen molar-refractivity contribution in [3.05, 3.63) is 24.3 Å². The average Bonchev–Trinajstić information content (AvgIpc) is 2.60. The first-order valence-electron chi connectivity index (χ1n) is 8.62. The number of anilines is 2. The second-order valence-electron chi connectivity index (χ2n) is 6.37. The molecule has 0 atom stereocenters. The molecule has 1 aromatic carbocycles. The molecule has 1 aliphatic rings. The highest BCUT2D eigenvalue weighted by molar-refractivity contribution is 5.89. The highest BCUT2D eigenvalue weighted by atomic mass is 16.3. The largest absolute Gasteiger partial charge is 0.396 e. The van der Waals surface area contributed by atoms with Crippen LogP contribution in [0.2, 0.25) is 0 Å². The zero-order valence-corrected chi connectivity index (χ0v) is 14.3. The molecule has 0 radical (unpaired) electrons. The maximum atomic E-state index is 12.3. The van der Waals surface area contributed by atoms with Crippen molar-refractivity contribution in [1.82, 2.24) is 4.90 Å². The normalized spacial score (nSPS) is 15.5.